The molecule has 36 heavy (non-hydrogen) atoms. The Morgan fingerprint density at radius 1 is 1.11 bits per heavy atom. The summed E-state index contributed by atoms with van der Waals surface area (Å²) in [6.07, 6.45) is -4.34. The van der Waals surface area contributed by atoms with Crippen molar-refractivity contribution in [3.8, 4) is 0 Å². The summed E-state index contributed by atoms with van der Waals surface area (Å²) >= 11 is 6.20. The molecule has 6 atom stereocenters. The molecule has 4 saturated heterocycles. The maximum Gasteiger partial charge on any atom is 0.335 e. The number of nitrogens with one attached hydrogen (secondary N) is 1. The van der Waals surface area contributed by atoms with E-state index in [1.165, 1.54) is 10.9 Å². The van der Waals surface area contributed by atoms with Gasteiger partial charge in [0, 0.05) is 38.9 Å². The van der Waals surface area contributed by atoms with Crippen LogP contribution in [0.5, 0.6) is 0 Å². The summed E-state index contributed by atoms with van der Waals surface area (Å²) in [5, 5.41) is 24.5. The van der Waals surface area contributed by atoms with Gasteiger partial charge in [-0.2, -0.15) is 9.97 Å². The van der Waals surface area contributed by atoms with E-state index in [0.29, 0.717) is 11.3 Å². The van der Waals surface area contributed by atoms with E-state index >= 15 is 0 Å². The van der Waals surface area contributed by atoms with Crippen LogP contribution in [0.15, 0.2) is 6.33 Å². The molecule has 0 radical (unpaired) electrons. The van der Waals surface area contributed by atoms with Crippen molar-refractivity contribution in [3.05, 3.63) is 11.6 Å². The lowest BCUT2D eigenvalue weighted by Gasteiger charge is -2.47. The molecule has 2 aromatic rings. The Morgan fingerprint density at radius 2 is 1.83 bits per heavy atom. The molecule has 2 aromatic heterocycles. The van der Waals surface area contributed by atoms with E-state index in [-0.39, 0.29) is 23.5 Å². The number of fused-ring (bicyclic) bond motifs is 4. The molecule has 6 N–H and O–H groups in total. The van der Waals surface area contributed by atoms with E-state index in [9.17, 15) is 24.2 Å². The minimum absolute atomic E-state index is 0.0219. The summed E-state index contributed by atoms with van der Waals surface area (Å²) in [6, 6.07) is 0. The largest absolute Gasteiger partial charge is 0.388 e. The van der Waals surface area contributed by atoms with Gasteiger partial charge in [0.2, 0.25) is 12.7 Å². The first-order chi connectivity index (χ1) is 16.9. The summed E-state index contributed by atoms with van der Waals surface area (Å²) in [6.45, 7) is 4.71. The number of imidazole rings is 1. The second-order valence-corrected chi connectivity index (χ2v) is 14.3. The van der Waals surface area contributed by atoms with Crippen molar-refractivity contribution in [1.29, 1.82) is 0 Å². The lowest BCUT2D eigenvalue weighted by molar-refractivity contribution is -0.0354. The number of nitrogens with zero attached hydrogens (tertiary/aromatic N) is 6. The lowest BCUT2D eigenvalue weighted by atomic mass is 10.1. The molecule has 0 spiro atoms. The minimum atomic E-state index is -4.70. The van der Waals surface area contributed by atoms with E-state index in [2.05, 4.69) is 30.1 Å². The molecule has 0 amide bonds. The Balaban J connectivity index is 1.34. The van der Waals surface area contributed by atoms with Gasteiger partial charge in [0.25, 0.3) is 0 Å². The minimum Gasteiger partial charge on any atom is -0.388 e. The molecule has 2 bridgehead atoms. The van der Waals surface area contributed by atoms with Crippen molar-refractivity contribution in [2.75, 3.05) is 50.1 Å². The maximum atomic E-state index is 12.1. The predicted octanol–water partition coefficient (Wildman–Crippen LogP) is -0.736. The fraction of sp³-hybridized carbons (Fsp3) is 0.722. The zero-order valence-electron chi connectivity index (χ0n) is 19.0. The normalized spacial score (nSPS) is 34.2. The molecule has 0 aliphatic carbocycles. The third kappa shape index (κ3) is 5.47. The summed E-state index contributed by atoms with van der Waals surface area (Å²) in [7, 11) is -8.87. The van der Waals surface area contributed by atoms with Crippen molar-refractivity contribution in [2.45, 2.75) is 37.1 Å². The van der Waals surface area contributed by atoms with Gasteiger partial charge in [-0.05, 0) is 18.0 Å². The number of anilines is 1. The highest BCUT2D eigenvalue weighted by Gasteiger charge is 2.45. The average molecular weight is 568 g/mol. The summed E-state index contributed by atoms with van der Waals surface area (Å²) < 4.78 is 30.5. The highest BCUT2D eigenvalue weighted by molar-refractivity contribution is 7.72. The standard InChI is InChI=1S/C18H28ClN7O8P2/c19-18-22-15(21-11-7-24-2-4-25(11)5-3-24)12-16(23-18)26(8-20-12)17-14(28)13(27)10(34-17)1-6-35(29,30)9-36(31,32)33/h8,10-11,13-14,17,27-28H,1-7,9H2,(H,29,30)(H,21,22,23)(H2,31,32,33). The SMILES string of the molecule is O=P(O)(O)CP(=O)(O)CCC1OC(n2cnc3c(NC4CN5CCN4CC5)nc(Cl)nc32)C(O)C1O. The third-order valence-corrected chi connectivity index (χ3v) is 11.1. The van der Waals surface area contributed by atoms with Crippen LogP contribution >= 0.6 is 26.6 Å². The number of hydrogen-bond acceptors (Lipinski definition) is 11. The Morgan fingerprint density at radius 3 is 2.47 bits per heavy atom. The molecule has 6 rings (SSSR count). The second-order valence-electron chi connectivity index (χ2n) is 9.37. The maximum absolute atomic E-state index is 12.1. The van der Waals surface area contributed by atoms with Crippen LogP contribution in [0.4, 0.5) is 5.82 Å². The Kier molecular flexibility index (Phi) is 7.20. The van der Waals surface area contributed by atoms with Crippen LogP contribution in [-0.2, 0) is 13.9 Å². The number of rotatable bonds is 8. The summed E-state index contributed by atoms with van der Waals surface area (Å²) in [5.41, 5.74) is 0.660. The van der Waals surface area contributed by atoms with Crippen LogP contribution in [0.25, 0.3) is 11.2 Å². The predicted molar refractivity (Wildman–Crippen MR) is 128 cm³/mol. The second kappa shape index (κ2) is 9.83. The molecule has 4 aliphatic heterocycles. The Bertz CT molecular complexity index is 1220. The molecular weight excluding hydrogens is 540 g/mol. The van der Waals surface area contributed by atoms with E-state index < -0.39 is 51.6 Å². The zero-order chi connectivity index (χ0) is 25.8. The average Bonchev–Trinajstić information content (AvgIpc) is 3.33. The first-order valence-corrected chi connectivity index (χ1v) is 15.6. The number of hydrogen-bond donors (Lipinski definition) is 6. The first kappa shape index (κ1) is 26.4. The van der Waals surface area contributed by atoms with Gasteiger partial charge in [-0.1, -0.05) is 0 Å². The van der Waals surface area contributed by atoms with E-state index in [1.54, 1.807) is 0 Å². The molecule has 4 fully saturated rings. The van der Waals surface area contributed by atoms with E-state index in [0.717, 1.165) is 32.7 Å². The van der Waals surface area contributed by atoms with Crippen LogP contribution in [0.1, 0.15) is 12.6 Å². The number of ether oxygens (including phenoxy) is 1. The zero-order valence-corrected chi connectivity index (χ0v) is 21.6. The first-order valence-electron chi connectivity index (χ1n) is 11.4. The molecule has 0 saturated carbocycles. The monoisotopic (exact) mass is 567 g/mol. The fourth-order valence-corrected chi connectivity index (χ4v) is 8.67. The van der Waals surface area contributed by atoms with Gasteiger partial charge in [-0.15, -0.1) is 0 Å². The summed E-state index contributed by atoms with van der Waals surface area (Å²) in [4.78, 5) is 45.5. The molecule has 6 unspecified atom stereocenters. The fourth-order valence-electron chi connectivity index (χ4n) is 4.97. The van der Waals surface area contributed by atoms with Gasteiger partial charge >= 0.3 is 7.60 Å². The van der Waals surface area contributed by atoms with Crippen molar-refractivity contribution < 1.29 is 38.8 Å². The van der Waals surface area contributed by atoms with Crippen LogP contribution in [0, 0.1) is 0 Å². The van der Waals surface area contributed by atoms with Gasteiger partial charge in [0.1, 0.15) is 18.1 Å². The number of aliphatic hydroxyl groups is 2. The number of aromatic nitrogens is 4. The van der Waals surface area contributed by atoms with Crippen molar-refractivity contribution in [1.82, 2.24) is 29.3 Å². The smallest absolute Gasteiger partial charge is 0.335 e. The van der Waals surface area contributed by atoms with Gasteiger partial charge in [-0.3, -0.25) is 23.5 Å². The highest BCUT2D eigenvalue weighted by atomic mass is 35.5. The van der Waals surface area contributed by atoms with Gasteiger partial charge in [0.05, 0.1) is 18.6 Å². The van der Waals surface area contributed by atoms with Crippen LogP contribution in [-0.4, -0.2) is 123 Å². The van der Waals surface area contributed by atoms with Gasteiger partial charge < -0.3 is 34.9 Å². The molecule has 18 heteroatoms. The quantitative estimate of drug-likeness (QED) is 0.172. The molecule has 4 aliphatic rings. The van der Waals surface area contributed by atoms with Gasteiger partial charge in [0.15, 0.2) is 23.2 Å². The topological polar surface area (TPSA) is 207 Å². The van der Waals surface area contributed by atoms with E-state index in [4.69, 9.17) is 26.1 Å². The molecule has 200 valence electrons. The molecule has 6 heterocycles. The number of piperazine rings is 3. The highest BCUT2D eigenvalue weighted by Crippen LogP contribution is 2.55. The molecular formula is C18H28ClN7O8P2. The van der Waals surface area contributed by atoms with Crippen LogP contribution in [0.2, 0.25) is 5.28 Å². The molecule has 15 nitrogen and oxygen atoms in total. The lowest BCUT2D eigenvalue weighted by Crippen LogP contribution is -2.63. The summed E-state index contributed by atoms with van der Waals surface area (Å²) in [5.74, 6) is -0.742. The van der Waals surface area contributed by atoms with Crippen molar-refractivity contribution in [3.63, 3.8) is 0 Å². The number of aliphatic hydroxyl groups excluding tert-OH is 2. The molecule has 0 aromatic carbocycles. The van der Waals surface area contributed by atoms with E-state index in [1.807, 2.05) is 0 Å². The van der Waals surface area contributed by atoms with Crippen molar-refractivity contribution >= 4 is 43.5 Å². The van der Waals surface area contributed by atoms with Crippen LogP contribution < -0.4 is 5.32 Å². The van der Waals surface area contributed by atoms with Crippen LogP contribution in [0.3, 0.4) is 0 Å². The van der Waals surface area contributed by atoms with Crippen molar-refractivity contribution in [2.24, 2.45) is 0 Å². The third-order valence-electron chi connectivity index (χ3n) is 6.76. The Labute approximate surface area is 210 Å². The Hall–Kier alpha value is -1.22. The number of halogens is 1. The van der Waals surface area contributed by atoms with Gasteiger partial charge in [-0.25, -0.2) is 4.98 Å².